The summed E-state index contributed by atoms with van der Waals surface area (Å²) in [6.07, 6.45) is 0.500. The summed E-state index contributed by atoms with van der Waals surface area (Å²) in [5.74, 6) is -0.0487. The molecular formula is C24H23N3O4S. The highest BCUT2D eigenvalue weighted by molar-refractivity contribution is 7.09. The van der Waals surface area contributed by atoms with Gasteiger partial charge in [-0.1, -0.05) is 24.3 Å². The summed E-state index contributed by atoms with van der Waals surface area (Å²) >= 11 is 1.60. The predicted molar refractivity (Wildman–Crippen MR) is 124 cm³/mol. The number of nitrogens with one attached hydrogen (secondary N) is 1. The van der Waals surface area contributed by atoms with Crippen LogP contribution in [0.1, 0.15) is 11.3 Å². The Morgan fingerprint density at radius 3 is 2.44 bits per heavy atom. The van der Waals surface area contributed by atoms with Crippen molar-refractivity contribution in [2.75, 3.05) is 23.9 Å². The van der Waals surface area contributed by atoms with Gasteiger partial charge in [0.1, 0.15) is 11.8 Å². The quantitative estimate of drug-likeness (QED) is 0.524. The van der Waals surface area contributed by atoms with Crippen LogP contribution in [0.2, 0.25) is 0 Å². The fraction of sp³-hybridized carbons (Fsp3) is 0.208. The van der Waals surface area contributed by atoms with Crippen LogP contribution in [0.15, 0.2) is 72.1 Å². The van der Waals surface area contributed by atoms with Crippen LogP contribution in [-0.2, 0) is 16.0 Å². The molecule has 1 aliphatic rings. The zero-order valence-electron chi connectivity index (χ0n) is 17.6. The van der Waals surface area contributed by atoms with E-state index in [1.165, 1.54) is 9.80 Å². The van der Waals surface area contributed by atoms with Gasteiger partial charge in [-0.2, -0.15) is 0 Å². The van der Waals surface area contributed by atoms with Crippen LogP contribution >= 0.6 is 11.3 Å². The molecule has 0 bridgehead atoms. The Bertz CT molecular complexity index is 1080. The summed E-state index contributed by atoms with van der Waals surface area (Å²) in [6, 6.07) is 18.4. The van der Waals surface area contributed by atoms with Crippen molar-refractivity contribution in [3.05, 3.63) is 77.0 Å². The van der Waals surface area contributed by atoms with Crippen molar-refractivity contribution >= 4 is 40.6 Å². The Morgan fingerprint density at radius 1 is 1.03 bits per heavy atom. The van der Waals surface area contributed by atoms with Crippen LogP contribution < -0.4 is 15.0 Å². The summed E-state index contributed by atoms with van der Waals surface area (Å²) in [4.78, 5) is 42.9. The molecule has 1 fully saturated rings. The van der Waals surface area contributed by atoms with Gasteiger partial charge in [0.05, 0.1) is 19.2 Å². The van der Waals surface area contributed by atoms with Gasteiger partial charge in [0.15, 0.2) is 0 Å². The lowest BCUT2D eigenvalue weighted by atomic mass is 10.1. The largest absolute Gasteiger partial charge is 0.497 e. The molecule has 4 rings (SSSR count). The van der Waals surface area contributed by atoms with Crippen molar-refractivity contribution < 1.29 is 19.1 Å². The van der Waals surface area contributed by atoms with Crippen molar-refractivity contribution in [1.82, 2.24) is 4.90 Å². The topological polar surface area (TPSA) is 79.0 Å². The Morgan fingerprint density at radius 2 is 1.78 bits per heavy atom. The number of para-hydroxylation sites is 1. The monoisotopic (exact) mass is 449 g/mol. The van der Waals surface area contributed by atoms with Gasteiger partial charge in [-0.25, -0.2) is 9.69 Å². The summed E-state index contributed by atoms with van der Waals surface area (Å²) in [5, 5.41) is 4.77. The van der Waals surface area contributed by atoms with E-state index in [9.17, 15) is 14.4 Å². The van der Waals surface area contributed by atoms with Gasteiger partial charge in [0.25, 0.3) is 5.91 Å². The molecule has 2 heterocycles. The number of nitrogens with zero attached hydrogens (tertiary/aromatic N) is 2. The van der Waals surface area contributed by atoms with Gasteiger partial charge in [-0.15, -0.1) is 11.3 Å². The minimum absolute atomic E-state index is 0.121. The molecular weight excluding hydrogens is 426 g/mol. The number of methoxy groups -OCH3 is 1. The van der Waals surface area contributed by atoms with E-state index in [0.29, 0.717) is 30.1 Å². The van der Waals surface area contributed by atoms with E-state index in [-0.39, 0.29) is 12.3 Å². The van der Waals surface area contributed by atoms with E-state index in [1.807, 2.05) is 23.6 Å². The summed E-state index contributed by atoms with van der Waals surface area (Å²) in [6.45, 7) is 0.356. The fourth-order valence-electron chi connectivity index (χ4n) is 3.65. The summed E-state index contributed by atoms with van der Waals surface area (Å²) < 4.78 is 5.13. The molecule has 1 aliphatic heterocycles. The zero-order valence-corrected chi connectivity index (χ0v) is 18.4. The summed E-state index contributed by atoms with van der Waals surface area (Å²) in [7, 11) is 1.57. The Kier molecular flexibility index (Phi) is 6.51. The SMILES string of the molecule is COc1ccc(NC(=O)CC2C(=O)N(c3ccccc3)C(=O)N2CCc2cccs2)cc1. The number of carbonyl (C=O) groups is 3. The number of rotatable bonds is 8. The van der Waals surface area contributed by atoms with Crippen LogP contribution in [0.3, 0.4) is 0 Å². The average Bonchev–Trinajstić information content (AvgIpc) is 3.40. The van der Waals surface area contributed by atoms with Crippen LogP contribution in [0.4, 0.5) is 16.2 Å². The highest BCUT2D eigenvalue weighted by atomic mass is 32.1. The Labute approximate surface area is 190 Å². The second kappa shape index (κ2) is 9.65. The van der Waals surface area contributed by atoms with Crippen LogP contribution in [0.25, 0.3) is 0 Å². The molecule has 8 heteroatoms. The molecule has 0 spiro atoms. The van der Waals surface area contributed by atoms with Crippen molar-refractivity contribution in [1.29, 1.82) is 0 Å². The molecule has 4 amide bonds. The van der Waals surface area contributed by atoms with Gasteiger partial charge in [-0.3, -0.25) is 9.59 Å². The molecule has 0 aliphatic carbocycles. The number of carbonyl (C=O) groups excluding carboxylic acids is 3. The van der Waals surface area contributed by atoms with Gasteiger partial charge in [0.2, 0.25) is 5.91 Å². The number of imide groups is 1. The normalized spacial score (nSPS) is 15.8. The second-order valence-electron chi connectivity index (χ2n) is 7.31. The smallest absolute Gasteiger partial charge is 0.332 e. The van der Waals surface area contributed by atoms with Crippen molar-refractivity contribution in [2.45, 2.75) is 18.9 Å². The minimum atomic E-state index is -0.860. The Balaban J connectivity index is 1.52. The third-order valence-electron chi connectivity index (χ3n) is 5.26. The van der Waals surface area contributed by atoms with Gasteiger partial charge in [-0.05, 0) is 54.3 Å². The van der Waals surface area contributed by atoms with Gasteiger partial charge >= 0.3 is 6.03 Å². The summed E-state index contributed by atoms with van der Waals surface area (Å²) in [5.41, 5.74) is 1.10. The Hall–Kier alpha value is -3.65. The lowest BCUT2D eigenvalue weighted by Crippen LogP contribution is -2.39. The van der Waals surface area contributed by atoms with E-state index in [0.717, 1.165) is 4.88 Å². The molecule has 1 atom stereocenters. The zero-order chi connectivity index (χ0) is 22.5. The van der Waals surface area contributed by atoms with E-state index in [2.05, 4.69) is 5.32 Å². The van der Waals surface area contributed by atoms with Crippen molar-refractivity contribution in [2.24, 2.45) is 0 Å². The maximum Gasteiger partial charge on any atom is 0.332 e. The highest BCUT2D eigenvalue weighted by Crippen LogP contribution is 2.27. The first kappa shape index (κ1) is 21.6. The van der Waals surface area contributed by atoms with Crippen LogP contribution in [-0.4, -0.2) is 42.4 Å². The lowest BCUT2D eigenvalue weighted by Gasteiger charge is -2.21. The second-order valence-corrected chi connectivity index (χ2v) is 8.34. The van der Waals surface area contributed by atoms with Crippen LogP contribution in [0.5, 0.6) is 5.75 Å². The molecule has 1 saturated heterocycles. The van der Waals surface area contributed by atoms with Crippen molar-refractivity contribution in [3.63, 3.8) is 0 Å². The molecule has 1 unspecified atom stereocenters. The van der Waals surface area contributed by atoms with Gasteiger partial charge < -0.3 is 15.0 Å². The molecule has 1 N–H and O–H groups in total. The van der Waals surface area contributed by atoms with Crippen molar-refractivity contribution in [3.8, 4) is 5.75 Å². The molecule has 2 aromatic carbocycles. The van der Waals surface area contributed by atoms with E-state index < -0.39 is 18.0 Å². The number of hydrogen-bond acceptors (Lipinski definition) is 5. The highest BCUT2D eigenvalue weighted by Gasteiger charge is 2.46. The number of thiophene rings is 1. The molecule has 1 aromatic heterocycles. The standard InChI is InChI=1S/C24H23N3O4S/c1-31-19-11-9-17(10-12-19)25-22(28)16-21-23(29)27(18-6-3-2-4-7-18)24(30)26(21)14-13-20-8-5-15-32-20/h2-12,15,21H,13-14,16H2,1H3,(H,25,28). The van der Waals surface area contributed by atoms with Gasteiger partial charge in [0, 0.05) is 17.1 Å². The van der Waals surface area contributed by atoms with E-state index in [1.54, 1.807) is 67.0 Å². The predicted octanol–water partition coefficient (Wildman–Crippen LogP) is 4.17. The first-order chi connectivity index (χ1) is 15.6. The molecule has 0 saturated carbocycles. The average molecular weight is 450 g/mol. The molecule has 164 valence electrons. The number of urea groups is 1. The van der Waals surface area contributed by atoms with Crippen LogP contribution in [0, 0.1) is 0 Å². The number of benzene rings is 2. The number of amides is 4. The first-order valence-electron chi connectivity index (χ1n) is 10.2. The number of hydrogen-bond donors (Lipinski definition) is 1. The molecule has 3 aromatic rings. The maximum atomic E-state index is 13.2. The first-order valence-corrected chi connectivity index (χ1v) is 11.1. The fourth-order valence-corrected chi connectivity index (χ4v) is 4.35. The minimum Gasteiger partial charge on any atom is -0.497 e. The number of ether oxygens (including phenoxy) is 1. The van der Waals surface area contributed by atoms with E-state index in [4.69, 9.17) is 4.74 Å². The molecule has 7 nitrogen and oxygen atoms in total. The number of anilines is 2. The maximum absolute atomic E-state index is 13.2. The third-order valence-corrected chi connectivity index (χ3v) is 6.20. The lowest BCUT2D eigenvalue weighted by molar-refractivity contribution is -0.124. The third kappa shape index (κ3) is 4.65. The van der Waals surface area contributed by atoms with E-state index >= 15 is 0 Å². The molecule has 0 radical (unpaired) electrons. The molecule has 32 heavy (non-hydrogen) atoms.